The van der Waals surface area contributed by atoms with Gasteiger partial charge in [0.1, 0.15) is 5.82 Å². The van der Waals surface area contributed by atoms with Crippen molar-refractivity contribution < 1.29 is 14.2 Å². The molecule has 0 radical (unpaired) electrons. The van der Waals surface area contributed by atoms with Crippen LogP contribution >= 0.6 is 11.8 Å². The zero-order valence-corrected chi connectivity index (χ0v) is 11.6. The van der Waals surface area contributed by atoms with Crippen LogP contribution in [0.5, 0.6) is 0 Å². The average molecular weight is 273 g/mol. The van der Waals surface area contributed by atoms with Gasteiger partial charge in [-0.1, -0.05) is 6.92 Å². The van der Waals surface area contributed by atoms with E-state index in [1.165, 1.54) is 12.1 Å². The molecular formula is C13H20FNO2S. The Bertz CT molecular complexity index is 363. The molecule has 0 saturated carbocycles. The van der Waals surface area contributed by atoms with Crippen molar-refractivity contribution in [2.45, 2.75) is 23.6 Å². The molecule has 1 aromatic carbocycles. The molecule has 0 aliphatic heterocycles. The van der Waals surface area contributed by atoms with E-state index in [1.54, 1.807) is 24.9 Å². The normalized spacial score (nSPS) is 12.7. The Hall–Kier alpha value is -0.620. The van der Waals surface area contributed by atoms with E-state index in [2.05, 4.69) is 5.32 Å². The van der Waals surface area contributed by atoms with Gasteiger partial charge in [-0.15, -0.1) is 11.8 Å². The lowest BCUT2D eigenvalue weighted by atomic mass is 10.2. The summed E-state index contributed by atoms with van der Waals surface area (Å²) < 4.78 is 18.2. The van der Waals surface area contributed by atoms with Crippen molar-refractivity contribution in [3.63, 3.8) is 0 Å². The molecule has 0 heterocycles. The third-order valence-electron chi connectivity index (χ3n) is 2.41. The lowest BCUT2D eigenvalue weighted by Gasteiger charge is -2.13. The molecule has 1 unspecified atom stereocenters. The fourth-order valence-electron chi connectivity index (χ4n) is 1.45. The predicted molar refractivity (Wildman–Crippen MR) is 72.4 cm³/mol. The first-order valence-corrected chi connectivity index (χ1v) is 6.81. The van der Waals surface area contributed by atoms with Crippen LogP contribution in [0.25, 0.3) is 0 Å². The molecule has 0 fully saturated rings. The predicted octanol–water partition coefficient (Wildman–Crippen LogP) is 2.03. The second-order valence-electron chi connectivity index (χ2n) is 4.03. The van der Waals surface area contributed by atoms with Crippen LogP contribution in [0.4, 0.5) is 4.39 Å². The minimum atomic E-state index is -0.237. The van der Waals surface area contributed by atoms with Gasteiger partial charge in [-0.3, -0.25) is 0 Å². The molecule has 0 aliphatic rings. The van der Waals surface area contributed by atoms with E-state index in [1.807, 2.05) is 6.92 Å². The fraction of sp³-hybridized carbons (Fsp3) is 0.538. The van der Waals surface area contributed by atoms with Crippen LogP contribution in [0.3, 0.4) is 0 Å². The molecule has 1 atom stereocenters. The van der Waals surface area contributed by atoms with Crippen molar-refractivity contribution >= 4 is 11.8 Å². The average Bonchev–Trinajstić information content (AvgIpc) is 2.37. The molecule has 1 aromatic rings. The van der Waals surface area contributed by atoms with Gasteiger partial charge in [-0.25, -0.2) is 4.39 Å². The summed E-state index contributed by atoms with van der Waals surface area (Å²) in [4.78, 5) is 1.00. The Labute approximate surface area is 112 Å². The molecule has 1 rings (SSSR count). The van der Waals surface area contributed by atoms with Gasteiger partial charge in [0.15, 0.2) is 0 Å². The number of aliphatic hydroxyl groups excluding tert-OH is 1. The quantitative estimate of drug-likeness (QED) is 0.562. The number of thioether (sulfide) groups is 1. The van der Waals surface area contributed by atoms with Gasteiger partial charge < -0.3 is 15.2 Å². The van der Waals surface area contributed by atoms with Gasteiger partial charge in [-0.2, -0.15) is 0 Å². The maximum atomic E-state index is 13.2. The van der Waals surface area contributed by atoms with Crippen LogP contribution in [0.2, 0.25) is 0 Å². The summed E-state index contributed by atoms with van der Waals surface area (Å²) in [6, 6.07) is 4.75. The number of benzene rings is 1. The third-order valence-corrected chi connectivity index (χ3v) is 3.61. The van der Waals surface area contributed by atoms with Crippen LogP contribution in [0, 0.1) is 5.82 Å². The van der Waals surface area contributed by atoms with Crippen LogP contribution in [0.1, 0.15) is 12.5 Å². The first-order valence-electron chi connectivity index (χ1n) is 5.93. The first kappa shape index (κ1) is 15.4. The van der Waals surface area contributed by atoms with Crippen molar-refractivity contribution in [3.05, 3.63) is 29.6 Å². The zero-order chi connectivity index (χ0) is 13.4. The molecule has 0 aromatic heterocycles. The lowest BCUT2D eigenvalue weighted by Crippen LogP contribution is -2.19. The van der Waals surface area contributed by atoms with Crippen molar-refractivity contribution in [2.24, 2.45) is 0 Å². The monoisotopic (exact) mass is 273 g/mol. The molecular weight excluding hydrogens is 253 g/mol. The highest BCUT2D eigenvalue weighted by atomic mass is 32.2. The minimum absolute atomic E-state index is 0.105. The summed E-state index contributed by atoms with van der Waals surface area (Å²) in [5, 5.41) is 12.4. The largest absolute Gasteiger partial charge is 0.395 e. The van der Waals surface area contributed by atoms with Gasteiger partial charge in [0.2, 0.25) is 0 Å². The van der Waals surface area contributed by atoms with Gasteiger partial charge in [0.05, 0.1) is 13.2 Å². The van der Waals surface area contributed by atoms with Gasteiger partial charge >= 0.3 is 0 Å². The van der Waals surface area contributed by atoms with E-state index in [9.17, 15) is 4.39 Å². The van der Waals surface area contributed by atoms with E-state index in [0.717, 1.165) is 17.0 Å². The van der Waals surface area contributed by atoms with Gasteiger partial charge in [0.25, 0.3) is 0 Å². The highest BCUT2D eigenvalue weighted by Gasteiger charge is 2.08. The summed E-state index contributed by atoms with van der Waals surface area (Å²) in [6.45, 7) is 4.01. The van der Waals surface area contributed by atoms with E-state index < -0.39 is 0 Å². The fourth-order valence-corrected chi connectivity index (χ4v) is 2.39. The Morgan fingerprint density at radius 2 is 2.28 bits per heavy atom. The number of hydrogen-bond donors (Lipinski definition) is 2. The number of hydrogen-bond acceptors (Lipinski definition) is 4. The van der Waals surface area contributed by atoms with Gasteiger partial charge in [-0.05, 0) is 23.8 Å². The molecule has 2 N–H and O–H groups in total. The standard InChI is InChI=1S/C13H20FNO2S/c1-10(9-16)18-13-4-3-12(14)7-11(13)8-15-5-6-17-2/h3-4,7,10,15-16H,5-6,8-9H2,1-2H3. The number of halogens is 1. The van der Waals surface area contributed by atoms with E-state index >= 15 is 0 Å². The molecule has 5 heteroatoms. The topological polar surface area (TPSA) is 41.5 Å². The van der Waals surface area contributed by atoms with Crippen molar-refractivity contribution in [1.82, 2.24) is 5.32 Å². The van der Waals surface area contributed by atoms with Crippen LogP contribution < -0.4 is 5.32 Å². The van der Waals surface area contributed by atoms with Crippen molar-refractivity contribution in [2.75, 3.05) is 26.9 Å². The van der Waals surface area contributed by atoms with Crippen LogP contribution in [-0.2, 0) is 11.3 Å². The molecule has 0 spiro atoms. The van der Waals surface area contributed by atoms with Crippen molar-refractivity contribution in [1.29, 1.82) is 0 Å². The Morgan fingerprint density at radius 1 is 1.50 bits per heavy atom. The highest BCUT2D eigenvalue weighted by molar-refractivity contribution is 8.00. The maximum Gasteiger partial charge on any atom is 0.123 e. The molecule has 102 valence electrons. The van der Waals surface area contributed by atoms with Crippen molar-refractivity contribution in [3.8, 4) is 0 Å². The van der Waals surface area contributed by atoms with Crippen LogP contribution in [-0.4, -0.2) is 37.2 Å². The summed E-state index contributed by atoms with van der Waals surface area (Å²) in [6.07, 6.45) is 0. The van der Waals surface area contributed by atoms with E-state index in [-0.39, 0.29) is 17.7 Å². The highest BCUT2D eigenvalue weighted by Crippen LogP contribution is 2.27. The second-order valence-corrected chi connectivity index (χ2v) is 5.51. The Balaban J connectivity index is 2.64. The molecule has 0 amide bonds. The number of ether oxygens (including phenoxy) is 1. The summed E-state index contributed by atoms with van der Waals surface area (Å²) >= 11 is 1.55. The molecule has 3 nitrogen and oxygen atoms in total. The second kappa shape index (κ2) is 8.48. The summed E-state index contributed by atoms with van der Waals surface area (Å²) in [5.41, 5.74) is 0.913. The number of methoxy groups -OCH3 is 1. The van der Waals surface area contributed by atoms with E-state index in [4.69, 9.17) is 9.84 Å². The Morgan fingerprint density at radius 3 is 2.94 bits per heavy atom. The summed E-state index contributed by atoms with van der Waals surface area (Å²) in [7, 11) is 1.65. The summed E-state index contributed by atoms with van der Waals surface area (Å²) in [5.74, 6) is -0.237. The molecule has 0 bridgehead atoms. The SMILES string of the molecule is COCCNCc1cc(F)ccc1SC(C)CO. The number of aliphatic hydroxyl groups is 1. The third kappa shape index (κ3) is 5.35. The maximum absolute atomic E-state index is 13.2. The number of rotatable bonds is 8. The minimum Gasteiger partial charge on any atom is -0.395 e. The molecule has 18 heavy (non-hydrogen) atoms. The molecule has 0 aliphatic carbocycles. The smallest absolute Gasteiger partial charge is 0.123 e. The Kier molecular flexibility index (Phi) is 7.27. The number of nitrogens with one attached hydrogen (secondary N) is 1. The first-order chi connectivity index (χ1) is 8.67. The molecule has 0 saturated heterocycles. The van der Waals surface area contributed by atoms with Gasteiger partial charge in [0, 0.05) is 30.3 Å². The van der Waals surface area contributed by atoms with E-state index in [0.29, 0.717) is 13.2 Å². The van der Waals surface area contributed by atoms with Crippen LogP contribution in [0.15, 0.2) is 23.1 Å². The zero-order valence-electron chi connectivity index (χ0n) is 10.8. The lowest BCUT2D eigenvalue weighted by molar-refractivity contribution is 0.199.